The van der Waals surface area contributed by atoms with Gasteiger partial charge in [-0.1, -0.05) is 145 Å². The van der Waals surface area contributed by atoms with E-state index in [4.69, 9.17) is 33.1 Å². The number of benzene rings is 8. The van der Waals surface area contributed by atoms with Gasteiger partial charge >= 0.3 is 0 Å². The Morgan fingerprint density at radius 1 is 0.411 bits per heavy atom. The fraction of sp³-hybridized carbons (Fsp3) is 0. The van der Waals surface area contributed by atoms with Crippen LogP contribution in [0.15, 0.2) is 198 Å². The Bertz CT molecular complexity index is 3740. The van der Waals surface area contributed by atoms with Gasteiger partial charge in [0.1, 0.15) is 11.2 Å². The second-order valence-corrected chi connectivity index (χ2v) is 13.3. The molecule has 0 saturated heterocycles. The van der Waals surface area contributed by atoms with Gasteiger partial charge in [0, 0.05) is 43.8 Å². The number of hydrogen-bond acceptors (Lipinski definition) is 4. The summed E-state index contributed by atoms with van der Waals surface area (Å²) < 4.78 is 94.5. The maximum atomic E-state index is 8.91. The molecule has 262 valence electrons. The van der Waals surface area contributed by atoms with Gasteiger partial charge in [-0.2, -0.15) is 0 Å². The molecule has 8 aromatic carbocycles. The molecule has 0 bridgehead atoms. The van der Waals surface area contributed by atoms with Crippen LogP contribution in [-0.2, 0) is 0 Å². The molecule has 0 radical (unpaired) electrons. The first kappa shape index (κ1) is 23.2. The van der Waals surface area contributed by atoms with Crippen LogP contribution in [0.5, 0.6) is 0 Å². The molecule has 3 aromatic heterocycles. The van der Waals surface area contributed by atoms with Crippen LogP contribution in [0.3, 0.4) is 0 Å². The van der Waals surface area contributed by atoms with Crippen molar-refractivity contribution in [3.63, 3.8) is 0 Å². The van der Waals surface area contributed by atoms with Crippen molar-refractivity contribution in [2.24, 2.45) is 0 Å². The first-order chi connectivity index (χ1) is 31.9. The Morgan fingerprint density at radius 3 is 1.75 bits per heavy atom. The molecule has 3 heterocycles. The van der Waals surface area contributed by atoms with Gasteiger partial charge in [0.2, 0.25) is 0 Å². The second-order valence-electron chi connectivity index (χ2n) is 13.3. The summed E-state index contributed by atoms with van der Waals surface area (Å²) >= 11 is 0. The summed E-state index contributed by atoms with van der Waals surface area (Å²) in [5, 5.41) is 3.19. The molecule has 5 nitrogen and oxygen atoms in total. The Morgan fingerprint density at radius 2 is 1.02 bits per heavy atom. The van der Waals surface area contributed by atoms with Gasteiger partial charge in [-0.15, -0.1) is 0 Å². The summed E-state index contributed by atoms with van der Waals surface area (Å²) in [6, 6.07) is 37.3. The summed E-state index contributed by atoms with van der Waals surface area (Å²) in [5.41, 5.74) is 5.48. The third-order valence-corrected chi connectivity index (χ3v) is 10.0. The largest absolute Gasteiger partial charge is 0.455 e. The molecule has 0 aliphatic carbocycles. The summed E-state index contributed by atoms with van der Waals surface area (Å²) in [4.78, 5) is 15.2. The highest BCUT2D eigenvalue weighted by molar-refractivity contribution is 6.12. The quantitative estimate of drug-likeness (QED) is 0.171. The molecule has 0 aliphatic rings. The zero-order valence-corrected chi connectivity index (χ0v) is 29.4. The number of furan rings is 1. The highest BCUT2D eigenvalue weighted by atomic mass is 16.3. The molecule has 0 fully saturated rings. The predicted molar refractivity (Wildman–Crippen MR) is 229 cm³/mol. The molecule has 11 aromatic rings. The number of hydrogen-bond donors (Lipinski definition) is 0. The maximum Gasteiger partial charge on any atom is 0.166 e. The number of fused-ring (bicyclic) bond motifs is 6. The van der Waals surface area contributed by atoms with Crippen LogP contribution in [0.2, 0.25) is 0 Å². The smallest absolute Gasteiger partial charge is 0.166 e. The standard InChI is InChI=1S/C51H32N4O/c1-4-16-33(17-5-1)37-30-42(34-18-6-2-7-19-34)48-43(31-37)40-29-28-36(32-47(40)56-48)50-52-49(35-20-8-3-9-21-35)53-51(54-50)41-24-12-15-27-46(41)55-44-25-13-10-22-38(44)39-23-11-14-26-45(39)55/h1-32H/i1D,2D,4D,5D,6D,7D,16D,17D,18D,19D. The predicted octanol–water partition coefficient (Wildman–Crippen LogP) is 13.2. The average molecular weight is 727 g/mol. The van der Waals surface area contributed by atoms with E-state index in [0.29, 0.717) is 39.4 Å². The molecule has 5 heteroatoms. The Kier molecular flexibility index (Phi) is 5.41. The minimum Gasteiger partial charge on any atom is -0.455 e. The van der Waals surface area contributed by atoms with E-state index in [9.17, 15) is 0 Å². The highest BCUT2D eigenvalue weighted by Crippen LogP contribution is 2.41. The maximum absolute atomic E-state index is 8.91. The van der Waals surface area contributed by atoms with Gasteiger partial charge in [-0.3, -0.25) is 0 Å². The topological polar surface area (TPSA) is 56.7 Å². The normalized spacial score (nSPS) is 14.1. The molecule has 0 aliphatic heterocycles. The summed E-state index contributed by atoms with van der Waals surface area (Å²) in [5.74, 6) is 1.20. The lowest BCUT2D eigenvalue weighted by molar-refractivity contribution is 0.670. The van der Waals surface area contributed by atoms with Crippen LogP contribution >= 0.6 is 0 Å². The molecule has 11 rings (SSSR count). The van der Waals surface area contributed by atoms with Gasteiger partial charge in [0.25, 0.3) is 0 Å². The molecular formula is C51H32N4O. The summed E-state index contributed by atoms with van der Waals surface area (Å²) in [7, 11) is 0. The van der Waals surface area contributed by atoms with Gasteiger partial charge in [-0.05, 0) is 65.2 Å². The third-order valence-electron chi connectivity index (χ3n) is 10.0. The number of aromatic nitrogens is 4. The molecule has 0 unspecified atom stereocenters. The number of rotatable bonds is 6. The Balaban J connectivity index is 1.15. The molecular weight excluding hydrogens is 685 g/mol. The number of nitrogens with zero attached hydrogens (tertiary/aromatic N) is 4. The highest BCUT2D eigenvalue weighted by Gasteiger charge is 2.20. The fourth-order valence-electron chi connectivity index (χ4n) is 7.51. The fourth-order valence-corrected chi connectivity index (χ4v) is 7.51. The molecule has 0 spiro atoms. The van der Waals surface area contributed by atoms with Crippen molar-refractivity contribution in [1.82, 2.24) is 19.5 Å². The Labute approximate surface area is 336 Å². The molecule has 0 N–H and O–H groups in total. The second kappa shape index (κ2) is 13.0. The van der Waals surface area contributed by atoms with Crippen LogP contribution in [-0.4, -0.2) is 19.5 Å². The van der Waals surface area contributed by atoms with Crippen molar-refractivity contribution >= 4 is 43.7 Å². The first-order valence-electron chi connectivity index (χ1n) is 23.0. The molecule has 56 heavy (non-hydrogen) atoms. The van der Waals surface area contributed by atoms with E-state index in [2.05, 4.69) is 28.8 Å². The zero-order valence-electron chi connectivity index (χ0n) is 39.4. The lowest BCUT2D eigenvalue weighted by atomic mass is 9.95. The van der Waals surface area contributed by atoms with E-state index in [0.717, 1.165) is 38.6 Å². The van der Waals surface area contributed by atoms with Crippen LogP contribution < -0.4 is 0 Å². The van der Waals surface area contributed by atoms with Gasteiger partial charge in [0.15, 0.2) is 17.5 Å². The van der Waals surface area contributed by atoms with Crippen LogP contribution in [0.1, 0.15) is 13.7 Å². The average Bonchev–Trinajstić information content (AvgIpc) is 3.89. The van der Waals surface area contributed by atoms with E-state index in [1.807, 2.05) is 84.9 Å². The lowest BCUT2D eigenvalue weighted by Crippen LogP contribution is -2.03. The van der Waals surface area contributed by atoms with Crippen molar-refractivity contribution < 1.29 is 18.1 Å². The SMILES string of the molecule is [2H]c1c([2H])c([2H])c(-c2cc(-c3c([2H])c([2H])c([2H])c([2H])c3[2H])c3oc4cc(-c5nc(-c6ccccc6)nc(-c6ccccc6-n6c7ccccc7c7ccccc76)n5)ccc4c3c2)c([2H])c1[2H]. The van der Waals surface area contributed by atoms with Crippen LogP contribution in [0.4, 0.5) is 0 Å². The van der Waals surface area contributed by atoms with Crippen molar-refractivity contribution in [2.75, 3.05) is 0 Å². The minimum atomic E-state index is -0.578. The van der Waals surface area contributed by atoms with E-state index in [1.54, 1.807) is 18.2 Å². The van der Waals surface area contributed by atoms with E-state index >= 15 is 0 Å². The van der Waals surface area contributed by atoms with Gasteiger partial charge in [-0.25, -0.2) is 15.0 Å². The monoisotopic (exact) mass is 726 g/mol. The zero-order chi connectivity index (χ0) is 45.7. The van der Waals surface area contributed by atoms with Crippen molar-refractivity contribution in [3.8, 4) is 62.1 Å². The van der Waals surface area contributed by atoms with Gasteiger partial charge < -0.3 is 8.98 Å². The summed E-state index contributed by atoms with van der Waals surface area (Å²) in [6.45, 7) is 0. The van der Waals surface area contributed by atoms with E-state index < -0.39 is 60.4 Å². The van der Waals surface area contributed by atoms with Crippen molar-refractivity contribution in [2.45, 2.75) is 0 Å². The Hall–Kier alpha value is -7.63. The molecule has 0 atom stereocenters. The van der Waals surface area contributed by atoms with Crippen molar-refractivity contribution in [1.29, 1.82) is 0 Å². The van der Waals surface area contributed by atoms with Crippen molar-refractivity contribution in [3.05, 3.63) is 194 Å². The van der Waals surface area contributed by atoms with E-state index in [1.165, 1.54) is 6.07 Å². The first-order valence-corrected chi connectivity index (χ1v) is 18.0. The molecule has 0 saturated carbocycles. The third kappa shape index (κ3) is 5.29. The minimum absolute atomic E-state index is 0.0829. The van der Waals surface area contributed by atoms with Gasteiger partial charge in [0.05, 0.1) is 30.4 Å². The van der Waals surface area contributed by atoms with Crippen LogP contribution in [0, 0.1) is 0 Å². The molecule has 0 amide bonds. The lowest BCUT2D eigenvalue weighted by Gasteiger charge is -2.14. The summed E-state index contributed by atoms with van der Waals surface area (Å²) in [6.07, 6.45) is 0. The van der Waals surface area contributed by atoms with E-state index in [-0.39, 0.29) is 27.8 Å². The number of para-hydroxylation sites is 3. The van der Waals surface area contributed by atoms with Crippen LogP contribution in [0.25, 0.3) is 106 Å².